The monoisotopic (exact) mass is 200 g/mol. The second-order valence-electron chi connectivity index (χ2n) is 3.19. The molecule has 0 aliphatic heterocycles. The highest BCUT2D eigenvalue weighted by atomic mass is 16.3. The lowest BCUT2D eigenvalue weighted by molar-refractivity contribution is 0.0651. The summed E-state index contributed by atoms with van der Waals surface area (Å²) in [7, 11) is 0. The average molecular weight is 200 g/mol. The molecule has 2 unspecified atom stereocenters. The Morgan fingerprint density at radius 3 is 2.43 bits per heavy atom. The summed E-state index contributed by atoms with van der Waals surface area (Å²) in [6, 6.07) is 0. The Bertz CT molecular complexity index is 197. The predicted octanol–water partition coefficient (Wildman–Crippen LogP) is 1.00. The molecule has 0 spiro atoms. The largest absolute Gasteiger partial charge is 0.392 e. The summed E-state index contributed by atoms with van der Waals surface area (Å²) in [4.78, 5) is 0. The molecule has 0 rings (SSSR count). The van der Waals surface area contributed by atoms with E-state index < -0.39 is 12.2 Å². The van der Waals surface area contributed by atoms with Crippen molar-refractivity contribution < 1.29 is 15.3 Å². The Hall–Kier alpha value is -0.640. The van der Waals surface area contributed by atoms with Crippen molar-refractivity contribution in [2.45, 2.75) is 38.9 Å². The Labute approximate surface area is 85.4 Å². The van der Waals surface area contributed by atoms with E-state index in [1.54, 1.807) is 19.1 Å². The molecular weight excluding hydrogens is 180 g/mol. The van der Waals surface area contributed by atoms with Gasteiger partial charge in [-0.2, -0.15) is 0 Å². The van der Waals surface area contributed by atoms with Crippen molar-refractivity contribution in [3.05, 3.63) is 23.8 Å². The first-order chi connectivity index (χ1) is 6.67. The van der Waals surface area contributed by atoms with Crippen molar-refractivity contribution in [3.63, 3.8) is 0 Å². The molecule has 0 saturated carbocycles. The van der Waals surface area contributed by atoms with Crippen molar-refractivity contribution in [2.75, 3.05) is 6.61 Å². The summed E-state index contributed by atoms with van der Waals surface area (Å²) in [5.74, 6) is 0. The Morgan fingerprint density at radius 2 is 2.00 bits per heavy atom. The van der Waals surface area contributed by atoms with Gasteiger partial charge in [-0.3, -0.25) is 0 Å². The first-order valence-corrected chi connectivity index (χ1v) is 4.96. The molecule has 0 aromatic rings. The molecule has 0 aliphatic rings. The molecule has 3 N–H and O–H groups in total. The summed E-state index contributed by atoms with van der Waals surface area (Å²) in [5, 5.41) is 28.0. The van der Waals surface area contributed by atoms with Crippen LogP contribution in [-0.4, -0.2) is 34.1 Å². The van der Waals surface area contributed by atoms with Crippen LogP contribution in [0.4, 0.5) is 0 Å². The van der Waals surface area contributed by atoms with Crippen LogP contribution in [-0.2, 0) is 0 Å². The summed E-state index contributed by atoms with van der Waals surface area (Å²) >= 11 is 0. The maximum Gasteiger partial charge on any atom is 0.107 e. The van der Waals surface area contributed by atoms with Gasteiger partial charge in [0.2, 0.25) is 0 Å². The number of allylic oxidation sites excluding steroid dienone is 2. The number of rotatable bonds is 6. The molecule has 0 aromatic carbocycles. The predicted molar refractivity (Wildman–Crippen MR) is 56.9 cm³/mol. The molecule has 0 amide bonds. The van der Waals surface area contributed by atoms with Crippen molar-refractivity contribution in [1.82, 2.24) is 0 Å². The molecule has 0 aromatic heterocycles. The third kappa shape index (κ3) is 4.56. The first kappa shape index (κ1) is 13.4. The van der Waals surface area contributed by atoms with E-state index in [0.717, 1.165) is 12.8 Å². The van der Waals surface area contributed by atoms with E-state index in [-0.39, 0.29) is 6.61 Å². The van der Waals surface area contributed by atoms with E-state index in [4.69, 9.17) is 5.11 Å². The number of aliphatic hydroxyl groups is 3. The second kappa shape index (κ2) is 7.74. The minimum Gasteiger partial charge on any atom is -0.392 e. The third-order valence-corrected chi connectivity index (χ3v) is 1.97. The Balaban J connectivity index is 4.36. The fourth-order valence-corrected chi connectivity index (χ4v) is 1.13. The molecule has 0 bridgehead atoms. The zero-order valence-electron chi connectivity index (χ0n) is 8.85. The number of hydrogen-bond donors (Lipinski definition) is 3. The summed E-state index contributed by atoms with van der Waals surface area (Å²) in [5.41, 5.74) is 0.484. The van der Waals surface area contributed by atoms with Crippen LogP contribution in [0.1, 0.15) is 26.7 Å². The van der Waals surface area contributed by atoms with Gasteiger partial charge in [-0.1, -0.05) is 31.6 Å². The third-order valence-electron chi connectivity index (χ3n) is 1.97. The fourth-order valence-electron chi connectivity index (χ4n) is 1.13. The highest BCUT2D eigenvalue weighted by Gasteiger charge is 2.16. The standard InChI is InChI=1S/C11H20O3/c1-3-5-7-9(8-12)11(14)10(13)6-4-2/h4,6-7,10-14H,3,5,8H2,1-2H3/b6-4+,9-7+. The molecule has 3 heteroatoms. The van der Waals surface area contributed by atoms with Crippen LogP contribution in [0.25, 0.3) is 0 Å². The maximum atomic E-state index is 9.61. The quantitative estimate of drug-likeness (QED) is 0.561. The van der Waals surface area contributed by atoms with Gasteiger partial charge in [0.1, 0.15) is 12.2 Å². The van der Waals surface area contributed by atoms with Crippen LogP contribution in [0.3, 0.4) is 0 Å². The summed E-state index contributed by atoms with van der Waals surface area (Å²) in [6.45, 7) is 3.57. The van der Waals surface area contributed by atoms with Crippen LogP contribution in [0.15, 0.2) is 23.8 Å². The zero-order chi connectivity index (χ0) is 11.0. The minimum absolute atomic E-state index is 0.213. The molecule has 0 radical (unpaired) electrons. The van der Waals surface area contributed by atoms with Gasteiger partial charge < -0.3 is 15.3 Å². The van der Waals surface area contributed by atoms with Crippen LogP contribution in [0, 0.1) is 0 Å². The topological polar surface area (TPSA) is 60.7 Å². The molecule has 82 valence electrons. The molecule has 3 nitrogen and oxygen atoms in total. The minimum atomic E-state index is -0.997. The lowest BCUT2D eigenvalue weighted by Crippen LogP contribution is -2.27. The van der Waals surface area contributed by atoms with Crippen molar-refractivity contribution in [3.8, 4) is 0 Å². The first-order valence-electron chi connectivity index (χ1n) is 4.96. The van der Waals surface area contributed by atoms with Gasteiger partial charge in [0, 0.05) is 0 Å². The molecule has 0 heterocycles. The SMILES string of the molecule is C/C=C/C(O)C(O)/C(=C/CCC)CO. The molecule has 2 atom stereocenters. The van der Waals surface area contributed by atoms with E-state index in [1.807, 2.05) is 6.92 Å². The van der Waals surface area contributed by atoms with Gasteiger partial charge in [-0.15, -0.1) is 0 Å². The Kier molecular flexibility index (Phi) is 7.38. The Morgan fingerprint density at radius 1 is 1.36 bits per heavy atom. The lowest BCUT2D eigenvalue weighted by atomic mass is 10.0. The van der Waals surface area contributed by atoms with E-state index in [0.29, 0.717) is 5.57 Å². The second-order valence-corrected chi connectivity index (χ2v) is 3.19. The van der Waals surface area contributed by atoms with Gasteiger partial charge >= 0.3 is 0 Å². The zero-order valence-corrected chi connectivity index (χ0v) is 8.85. The van der Waals surface area contributed by atoms with Crippen LogP contribution >= 0.6 is 0 Å². The van der Waals surface area contributed by atoms with E-state index in [2.05, 4.69) is 0 Å². The van der Waals surface area contributed by atoms with Crippen LogP contribution in [0.2, 0.25) is 0 Å². The van der Waals surface area contributed by atoms with Gasteiger partial charge in [0.25, 0.3) is 0 Å². The van der Waals surface area contributed by atoms with Crippen molar-refractivity contribution >= 4 is 0 Å². The van der Waals surface area contributed by atoms with Crippen LogP contribution < -0.4 is 0 Å². The lowest BCUT2D eigenvalue weighted by Gasteiger charge is -2.16. The van der Waals surface area contributed by atoms with Gasteiger partial charge in [0.15, 0.2) is 0 Å². The number of aliphatic hydroxyl groups excluding tert-OH is 3. The van der Waals surface area contributed by atoms with Crippen molar-refractivity contribution in [1.29, 1.82) is 0 Å². The van der Waals surface area contributed by atoms with E-state index in [9.17, 15) is 10.2 Å². The van der Waals surface area contributed by atoms with Gasteiger partial charge in [0.05, 0.1) is 6.61 Å². The van der Waals surface area contributed by atoms with Gasteiger partial charge in [-0.25, -0.2) is 0 Å². The highest BCUT2D eigenvalue weighted by molar-refractivity contribution is 5.13. The van der Waals surface area contributed by atoms with E-state index in [1.165, 1.54) is 6.08 Å². The smallest absolute Gasteiger partial charge is 0.107 e. The summed E-state index contributed by atoms with van der Waals surface area (Å²) in [6.07, 6.45) is 4.77. The number of unbranched alkanes of at least 4 members (excludes halogenated alkanes) is 1. The number of hydrogen-bond acceptors (Lipinski definition) is 3. The average Bonchev–Trinajstić information content (AvgIpc) is 2.19. The summed E-state index contributed by atoms with van der Waals surface area (Å²) < 4.78 is 0. The maximum absolute atomic E-state index is 9.61. The molecule has 0 fully saturated rings. The molecular formula is C11H20O3. The molecule has 0 aliphatic carbocycles. The fraction of sp³-hybridized carbons (Fsp3) is 0.636. The van der Waals surface area contributed by atoms with E-state index >= 15 is 0 Å². The normalized spacial score (nSPS) is 17.4. The van der Waals surface area contributed by atoms with Crippen LogP contribution in [0.5, 0.6) is 0 Å². The molecule has 0 saturated heterocycles. The van der Waals surface area contributed by atoms with Crippen molar-refractivity contribution in [2.24, 2.45) is 0 Å². The molecule has 14 heavy (non-hydrogen) atoms. The highest BCUT2D eigenvalue weighted by Crippen LogP contribution is 2.09. The van der Waals surface area contributed by atoms with Gasteiger partial charge in [-0.05, 0) is 18.9 Å².